The monoisotopic (exact) mass is 592 g/mol. The molecule has 0 amide bonds. The van der Waals surface area contributed by atoms with Crippen molar-refractivity contribution < 1.29 is 49.3 Å². The van der Waals surface area contributed by atoms with Crippen molar-refractivity contribution in [2.24, 2.45) is 17.8 Å². The van der Waals surface area contributed by atoms with Gasteiger partial charge in [0, 0.05) is 12.1 Å². The molecule has 2 aliphatic carbocycles. The molecule has 0 N–H and O–H groups in total. The summed E-state index contributed by atoms with van der Waals surface area (Å²) < 4.78 is 120. The van der Waals surface area contributed by atoms with Crippen LogP contribution < -0.4 is 14.2 Å². The molecular weight excluding hydrogens is 560 g/mol. The fourth-order valence-corrected chi connectivity index (χ4v) is 6.07. The summed E-state index contributed by atoms with van der Waals surface area (Å²) in [6, 6.07) is 4.37. The Morgan fingerprint density at radius 2 is 1.34 bits per heavy atom. The van der Waals surface area contributed by atoms with Gasteiger partial charge in [0.15, 0.2) is 29.8 Å². The molecule has 0 unspecified atom stereocenters. The normalized spacial score (nSPS) is 23.9. The molecule has 2 aromatic rings. The molecule has 0 saturated heterocycles. The van der Waals surface area contributed by atoms with Crippen molar-refractivity contribution in [3.05, 3.63) is 65.5 Å². The zero-order valence-electron chi connectivity index (χ0n) is 22.5. The Morgan fingerprint density at radius 3 is 1.88 bits per heavy atom. The van der Waals surface area contributed by atoms with E-state index < -0.39 is 53.8 Å². The van der Waals surface area contributed by atoms with Gasteiger partial charge in [0.2, 0.25) is 5.75 Å². The summed E-state index contributed by atoms with van der Waals surface area (Å²) in [5, 5.41) is 0. The maximum Gasteiger partial charge on any atom is 0.573 e. The van der Waals surface area contributed by atoms with E-state index in [0.29, 0.717) is 11.8 Å². The minimum Gasteiger partial charge on any atom is -0.480 e. The van der Waals surface area contributed by atoms with Gasteiger partial charge < -0.3 is 14.2 Å². The second-order valence-corrected chi connectivity index (χ2v) is 10.8. The van der Waals surface area contributed by atoms with Crippen LogP contribution in [0.15, 0.2) is 42.5 Å². The Hall–Kier alpha value is -2.98. The van der Waals surface area contributed by atoms with Gasteiger partial charge in [-0.05, 0) is 99.7 Å². The second kappa shape index (κ2) is 12.9. The van der Waals surface area contributed by atoms with Crippen LogP contribution in [0.2, 0.25) is 0 Å². The van der Waals surface area contributed by atoms with Crippen molar-refractivity contribution in [3.63, 3.8) is 0 Å². The summed E-state index contributed by atoms with van der Waals surface area (Å²) in [5.74, 6) is -5.79. The lowest BCUT2D eigenvalue weighted by atomic mass is 9.68. The first kappa shape index (κ1) is 31.0. The molecule has 2 aromatic carbocycles. The maximum atomic E-state index is 14.7. The van der Waals surface area contributed by atoms with Crippen LogP contribution in [-0.4, -0.2) is 19.1 Å². The summed E-state index contributed by atoms with van der Waals surface area (Å²) in [6.45, 7) is 0.534. The van der Waals surface area contributed by atoms with E-state index in [1.54, 1.807) is 6.07 Å². The predicted octanol–water partition coefficient (Wildman–Crippen LogP) is 9.71. The summed E-state index contributed by atoms with van der Waals surface area (Å²) >= 11 is 0. The van der Waals surface area contributed by atoms with Crippen LogP contribution in [0.5, 0.6) is 17.2 Å². The van der Waals surface area contributed by atoms with Crippen LogP contribution in [0.1, 0.15) is 69.8 Å². The highest BCUT2D eigenvalue weighted by Crippen LogP contribution is 2.44. The van der Waals surface area contributed by atoms with Gasteiger partial charge in [-0.15, -0.1) is 13.2 Å². The molecule has 3 nitrogen and oxygen atoms in total. The molecule has 41 heavy (non-hydrogen) atoms. The molecule has 0 spiro atoms. The minimum atomic E-state index is -5.40. The van der Waals surface area contributed by atoms with Gasteiger partial charge in [0.05, 0.1) is 0 Å². The van der Waals surface area contributed by atoms with E-state index in [0.717, 1.165) is 37.2 Å². The van der Waals surface area contributed by atoms with Crippen molar-refractivity contribution in [2.75, 3.05) is 6.61 Å². The quantitative estimate of drug-likeness (QED) is 0.214. The molecule has 0 bridgehead atoms. The number of halogens is 8. The molecule has 0 atom stereocenters. The van der Waals surface area contributed by atoms with E-state index in [1.165, 1.54) is 37.8 Å². The van der Waals surface area contributed by atoms with Crippen molar-refractivity contribution >= 4 is 0 Å². The highest BCUT2D eigenvalue weighted by molar-refractivity contribution is 5.35. The van der Waals surface area contributed by atoms with Crippen LogP contribution in [-0.2, 0) is 0 Å². The lowest BCUT2D eigenvalue weighted by Gasteiger charge is -2.37. The fourth-order valence-electron chi connectivity index (χ4n) is 6.07. The van der Waals surface area contributed by atoms with E-state index in [9.17, 15) is 35.1 Å². The molecule has 2 aliphatic rings. The van der Waals surface area contributed by atoms with Crippen molar-refractivity contribution in [1.29, 1.82) is 0 Å². The molecule has 0 heterocycles. The number of hydrogen-bond acceptors (Lipinski definition) is 3. The SMILES string of the molecule is CC=CC1CCC(C2CCC(c3ccc(OCC(F)(F)Oc4cc(F)c(OC(F)(F)F)c(F)c4)c(F)c3)CC2)CC1. The van der Waals surface area contributed by atoms with Crippen LogP contribution in [0, 0.1) is 35.2 Å². The molecule has 0 radical (unpaired) electrons. The Labute approximate surface area is 233 Å². The van der Waals surface area contributed by atoms with E-state index in [1.807, 2.05) is 0 Å². The van der Waals surface area contributed by atoms with Gasteiger partial charge in [-0.1, -0.05) is 18.2 Å². The second-order valence-electron chi connectivity index (χ2n) is 10.8. The number of hydrogen-bond donors (Lipinski definition) is 0. The molecule has 2 saturated carbocycles. The number of ether oxygens (including phenoxy) is 3. The highest BCUT2D eigenvalue weighted by Gasteiger charge is 2.37. The van der Waals surface area contributed by atoms with Crippen molar-refractivity contribution in [2.45, 2.75) is 76.7 Å². The first-order chi connectivity index (χ1) is 19.3. The number of benzene rings is 2. The standard InChI is InChI=1S/C30H32F8O3/c1-2-3-18-4-6-19(7-5-18)20-8-10-21(11-9-20)22-12-13-27(24(31)14-22)39-17-29(34,35)40-23-15-25(32)28(26(33)16-23)41-30(36,37)38/h2-3,12-16,18-21H,4-11,17H2,1H3. The number of allylic oxidation sites excluding steroid dienone is 2. The largest absolute Gasteiger partial charge is 0.573 e. The molecule has 4 rings (SSSR count). The third-order valence-electron chi connectivity index (χ3n) is 8.00. The average molecular weight is 593 g/mol. The van der Waals surface area contributed by atoms with E-state index in [4.69, 9.17) is 4.74 Å². The van der Waals surface area contributed by atoms with Crippen LogP contribution >= 0.6 is 0 Å². The summed E-state index contributed by atoms with van der Waals surface area (Å²) in [4.78, 5) is 0. The molecule has 11 heteroatoms. The molecule has 0 aromatic heterocycles. The van der Waals surface area contributed by atoms with Crippen LogP contribution in [0.25, 0.3) is 0 Å². The lowest BCUT2D eigenvalue weighted by molar-refractivity contribution is -0.276. The topological polar surface area (TPSA) is 27.7 Å². The molecule has 2 fully saturated rings. The fraction of sp³-hybridized carbons (Fsp3) is 0.533. The minimum absolute atomic E-state index is 0.108. The van der Waals surface area contributed by atoms with E-state index in [2.05, 4.69) is 28.5 Å². The van der Waals surface area contributed by atoms with Gasteiger partial charge in [-0.2, -0.15) is 8.78 Å². The maximum absolute atomic E-state index is 14.7. The Morgan fingerprint density at radius 1 is 0.756 bits per heavy atom. The Kier molecular flexibility index (Phi) is 9.74. The van der Waals surface area contributed by atoms with Crippen LogP contribution in [0.4, 0.5) is 35.1 Å². The van der Waals surface area contributed by atoms with E-state index in [-0.39, 0.29) is 18.1 Å². The van der Waals surface area contributed by atoms with Crippen molar-refractivity contribution in [3.8, 4) is 17.2 Å². The zero-order chi connectivity index (χ0) is 29.8. The molecule has 226 valence electrons. The predicted molar refractivity (Wildman–Crippen MR) is 135 cm³/mol. The number of rotatable bonds is 9. The summed E-state index contributed by atoms with van der Waals surface area (Å²) in [5.41, 5.74) is 0.764. The lowest BCUT2D eigenvalue weighted by Crippen LogP contribution is -2.32. The summed E-state index contributed by atoms with van der Waals surface area (Å²) in [7, 11) is 0. The van der Waals surface area contributed by atoms with Gasteiger partial charge >= 0.3 is 12.5 Å². The van der Waals surface area contributed by atoms with Crippen molar-refractivity contribution in [1.82, 2.24) is 0 Å². The van der Waals surface area contributed by atoms with Gasteiger partial charge in [0.1, 0.15) is 5.75 Å². The van der Waals surface area contributed by atoms with Gasteiger partial charge in [-0.3, -0.25) is 0 Å². The third kappa shape index (κ3) is 8.52. The third-order valence-corrected chi connectivity index (χ3v) is 8.00. The molecular formula is C30H32F8O3. The van der Waals surface area contributed by atoms with Crippen LogP contribution in [0.3, 0.4) is 0 Å². The zero-order valence-corrected chi connectivity index (χ0v) is 22.5. The van der Waals surface area contributed by atoms with Gasteiger partial charge in [-0.25, -0.2) is 13.2 Å². The smallest absolute Gasteiger partial charge is 0.480 e. The average Bonchev–Trinajstić information content (AvgIpc) is 2.90. The first-order valence-electron chi connectivity index (χ1n) is 13.7. The first-order valence-corrected chi connectivity index (χ1v) is 13.7. The highest BCUT2D eigenvalue weighted by atomic mass is 19.4. The Bertz CT molecular complexity index is 1170. The molecule has 0 aliphatic heterocycles. The number of alkyl halides is 5. The van der Waals surface area contributed by atoms with Gasteiger partial charge in [0.25, 0.3) is 0 Å². The summed E-state index contributed by atoms with van der Waals surface area (Å²) in [6.07, 6.45) is 3.73. The van der Waals surface area contributed by atoms with E-state index >= 15 is 0 Å². The Balaban J connectivity index is 1.29.